The largest absolute Gasteiger partial charge is 0.321 e. The van der Waals surface area contributed by atoms with E-state index < -0.39 is 0 Å². The number of nitriles is 1. The van der Waals surface area contributed by atoms with E-state index in [2.05, 4.69) is 5.32 Å². The minimum Gasteiger partial charge on any atom is -0.321 e. The lowest BCUT2D eigenvalue weighted by atomic mass is 10.1. The van der Waals surface area contributed by atoms with Gasteiger partial charge in [-0.3, -0.25) is 4.79 Å². The Bertz CT molecular complexity index is 540. The first kappa shape index (κ1) is 10.4. The number of rotatable bonds is 2. The Balaban J connectivity index is 2.18. The minimum absolute atomic E-state index is 0.199. The molecule has 0 spiro atoms. The first-order valence-corrected chi connectivity index (χ1v) is 5.57. The third-order valence-electron chi connectivity index (χ3n) is 2.03. The third kappa shape index (κ3) is 2.27. The molecule has 0 bridgehead atoms. The predicted octanol–water partition coefficient (Wildman–Crippen LogP) is 2.87. The van der Waals surface area contributed by atoms with Gasteiger partial charge in [0.05, 0.1) is 17.3 Å². The van der Waals surface area contributed by atoms with Crippen molar-refractivity contribution in [3.8, 4) is 6.07 Å². The van der Waals surface area contributed by atoms with Gasteiger partial charge in [0.2, 0.25) is 0 Å². The van der Waals surface area contributed by atoms with Gasteiger partial charge in [-0.1, -0.05) is 6.07 Å². The lowest BCUT2D eigenvalue weighted by molar-refractivity contribution is 0.102. The molecule has 2 aromatic rings. The number of hydrogen-bond acceptors (Lipinski definition) is 3. The van der Waals surface area contributed by atoms with Gasteiger partial charge in [-0.2, -0.15) is 16.6 Å². The maximum Gasteiger partial charge on any atom is 0.255 e. The van der Waals surface area contributed by atoms with E-state index in [0.29, 0.717) is 11.1 Å². The summed E-state index contributed by atoms with van der Waals surface area (Å²) >= 11 is 1.52. The van der Waals surface area contributed by atoms with E-state index in [4.69, 9.17) is 5.26 Å². The highest BCUT2D eigenvalue weighted by Crippen LogP contribution is 2.13. The smallest absolute Gasteiger partial charge is 0.255 e. The highest BCUT2D eigenvalue weighted by atomic mass is 32.1. The van der Waals surface area contributed by atoms with Crippen molar-refractivity contribution in [2.24, 2.45) is 0 Å². The number of amides is 1. The first-order chi connectivity index (χ1) is 7.79. The fraction of sp³-hybridized carbons (Fsp3) is 0. The molecule has 16 heavy (non-hydrogen) atoms. The number of hydrogen-bond donors (Lipinski definition) is 1. The average molecular weight is 228 g/mol. The molecule has 2 rings (SSSR count). The minimum atomic E-state index is -0.199. The second-order valence-electron chi connectivity index (χ2n) is 3.16. The zero-order valence-corrected chi connectivity index (χ0v) is 9.12. The van der Waals surface area contributed by atoms with Crippen molar-refractivity contribution in [2.45, 2.75) is 0 Å². The summed E-state index contributed by atoms with van der Waals surface area (Å²) in [4.78, 5) is 11.8. The standard InChI is InChI=1S/C12H8N2OS/c13-7-9-2-1-3-10(6-9)12(15)14-11-4-5-16-8-11/h1-6,8H,(H,14,15). The second kappa shape index (κ2) is 4.60. The van der Waals surface area contributed by atoms with Crippen LogP contribution in [0.1, 0.15) is 15.9 Å². The Morgan fingerprint density at radius 3 is 2.94 bits per heavy atom. The second-order valence-corrected chi connectivity index (χ2v) is 3.94. The van der Waals surface area contributed by atoms with Gasteiger partial charge in [0.15, 0.2) is 0 Å². The first-order valence-electron chi connectivity index (χ1n) is 4.63. The molecule has 0 saturated carbocycles. The normalized spacial score (nSPS) is 9.44. The monoisotopic (exact) mass is 228 g/mol. The molecular formula is C12H8N2OS. The zero-order valence-electron chi connectivity index (χ0n) is 8.31. The molecule has 0 aliphatic rings. The van der Waals surface area contributed by atoms with Gasteiger partial charge < -0.3 is 5.32 Å². The van der Waals surface area contributed by atoms with Crippen molar-refractivity contribution in [3.63, 3.8) is 0 Å². The molecule has 1 heterocycles. The third-order valence-corrected chi connectivity index (χ3v) is 2.72. The van der Waals surface area contributed by atoms with Crippen LogP contribution in [0.15, 0.2) is 41.1 Å². The van der Waals surface area contributed by atoms with E-state index in [9.17, 15) is 4.79 Å². The van der Waals surface area contributed by atoms with Gasteiger partial charge in [-0.15, -0.1) is 0 Å². The molecule has 4 heteroatoms. The van der Waals surface area contributed by atoms with Crippen molar-refractivity contribution < 1.29 is 4.79 Å². The van der Waals surface area contributed by atoms with E-state index >= 15 is 0 Å². The number of carbonyl (C=O) groups is 1. The van der Waals surface area contributed by atoms with Crippen LogP contribution in [-0.2, 0) is 0 Å². The van der Waals surface area contributed by atoms with Crippen LogP contribution in [0.5, 0.6) is 0 Å². The summed E-state index contributed by atoms with van der Waals surface area (Å²) in [6.07, 6.45) is 0. The van der Waals surface area contributed by atoms with Crippen molar-refractivity contribution in [2.75, 3.05) is 5.32 Å². The molecular weight excluding hydrogens is 220 g/mol. The predicted molar refractivity (Wildman–Crippen MR) is 63.4 cm³/mol. The van der Waals surface area contributed by atoms with E-state index in [1.807, 2.05) is 22.9 Å². The Kier molecular flexibility index (Phi) is 2.99. The van der Waals surface area contributed by atoms with E-state index in [1.165, 1.54) is 11.3 Å². The molecule has 3 nitrogen and oxygen atoms in total. The Morgan fingerprint density at radius 2 is 2.25 bits per heavy atom. The SMILES string of the molecule is N#Cc1cccc(C(=O)Nc2ccsc2)c1. The van der Waals surface area contributed by atoms with Crippen LogP contribution >= 0.6 is 11.3 Å². The molecule has 78 valence electrons. The molecule has 1 amide bonds. The summed E-state index contributed by atoms with van der Waals surface area (Å²) in [5, 5.41) is 15.2. The van der Waals surface area contributed by atoms with Crippen molar-refractivity contribution in [1.82, 2.24) is 0 Å². The lowest BCUT2D eigenvalue weighted by Crippen LogP contribution is -2.11. The maximum atomic E-state index is 11.8. The lowest BCUT2D eigenvalue weighted by Gasteiger charge is -2.02. The number of benzene rings is 1. The van der Waals surface area contributed by atoms with Gasteiger partial charge in [-0.25, -0.2) is 0 Å². The van der Waals surface area contributed by atoms with Crippen LogP contribution in [0, 0.1) is 11.3 Å². The molecule has 0 fully saturated rings. The molecule has 0 radical (unpaired) electrons. The number of nitrogens with one attached hydrogen (secondary N) is 1. The van der Waals surface area contributed by atoms with E-state index in [0.717, 1.165) is 5.69 Å². The molecule has 0 unspecified atom stereocenters. The van der Waals surface area contributed by atoms with Crippen LogP contribution in [0.2, 0.25) is 0 Å². The van der Waals surface area contributed by atoms with Crippen LogP contribution in [0.4, 0.5) is 5.69 Å². The summed E-state index contributed by atoms with van der Waals surface area (Å²) in [6, 6.07) is 10.5. The molecule has 1 aromatic carbocycles. The summed E-state index contributed by atoms with van der Waals surface area (Å²) in [5.41, 5.74) is 1.75. The summed E-state index contributed by atoms with van der Waals surface area (Å²) < 4.78 is 0. The highest BCUT2D eigenvalue weighted by Gasteiger charge is 2.06. The molecule has 0 aliphatic heterocycles. The molecule has 0 aliphatic carbocycles. The van der Waals surface area contributed by atoms with Gasteiger partial charge in [0, 0.05) is 10.9 Å². The summed E-state index contributed by atoms with van der Waals surface area (Å²) in [5.74, 6) is -0.199. The van der Waals surface area contributed by atoms with Gasteiger partial charge in [0.1, 0.15) is 0 Å². The van der Waals surface area contributed by atoms with Crippen LogP contribution in [0.25, 0.3) is 0 Å². The average Bonchev–Trinajstić information content (AvgIpc) is 2.82. The van der Waals surface area contributed by atoms with Gasteiger partial charge in [0.25, 0.3) is 5.91 Å². The van der Waals surface area contributed by atoms with Crippen LogP contribution in [-0.4, -0.2) is 5.91 Å². The number of thiophene rings is 1. The number of nitrogens with zero attached hydrogens (tertiary/aromatic N) is 1. The van der Waals surface area contributed by atoms with Crippen molar-refractivity contribution >= 4 is 22.9 Å². The molecule has 1 aromatic heterocycles. The molecule has 1 N–H and O–H groups in total. The number of carbonyl (C=O) groups excluding carboxylic acids is 1. The maximum absolute atomic E-state index is 11.8. The molecule has 0 atom stereocenters. The Hall–Kier alpha value is -2.12. The van der Waals surface area contributed by atoms with Gasteiger partial charge >= 0.3 is 0 Å². The van der Waals surface area contributed by atoms with Crippen LogP contribution < -0.4 is 5.32 Å². The van der Waals surface area contributed by atoms with E-state index in [1.54, 1.807) is 24.3 Å². The Morgan fingerprint density at radius 1 is 1.38 bits per heavy atom. The fourth-order valence-corrected chi connectivity index (χ4v) is 1.86. The van der Waals surface area contributed by atoms with E-state index in [-0.39, 0.29) is 5.91 Å². The highest BCUT2D eigenvalue weighted by molar-refractivity contribution is 7.08. The fourth-order valence-electron chi connectivity index (χ4n) is 1.27. The van der Waals surface area contributed by atoms with Crippen LogP contribution in [0.3, 0.4) is 0 Å². The summed E-state index contributed by atoms with van der Waals surface area (Å²) in [7, 11) is 0. The zero-order chi connectivity index (χ0) is 11.4. The molecule has 0 saturated heterocycles. The van der Waals surface area contributed by atoms with Crippen molar-refractivity contribution in [1.29, 1.82) is 5.26 Å². The van der Waals surface area contributed by atoms with Gasteiger partial charge in [-0.05, 0) is 29.6 Å². The topological polar surface area (TPSA) is 52.9 Å². The summed E-state index contributed by atoms with van der Waals surface area (Å²) in [6.45, 7) is 0. The van der Waals surface area contributed by atoms with Crippen molar-refractivity contribution in [3.05, 3.63) is 52.2 Å². The number of anilines is 1. The Labute approximate surface area is 97.0 Å². The quantitative estimate of drug-likeness (QED) is 0.859.